The Morgan fingerprint density at radius 2 is 2.00 bits per heavy atom. The third-order valence-electron chi connectivity index (χ3n) is 4.22. The molecule has 0 saturated carbocycles. The molecule has 1 aliphatic heterocycles. The lowest BCUT2D eigenvalue weighted by Crippen LogP contribution is -2.36. The molecule has 0 bridgehead atoms. The fourth-order valence-corrected chi connectivity index (χ4v) is 3.93. The van der Waals surface area contributed by atoms with Gasteiger partial charge in [-0.3, -0.25) is 15.1 Å². The third-order valence-corrected chi connectivity index (χ3v) is 5.21. The number of rotatable bonds is 4. The average molecular weight is 370 g/mol. The number of nitrogens with zero attached hydrogens (tertiary/aromatic N) is 3. The first kappa shape index (κ1) is 16.7. The summed E-state index contributed by atoms with van der Waals surface area (Å²) < 4.78 is 11.9. The van der Waals surface area contributed by atoms with E-state index in [2.05, 4.69) is 20.2 Å². The minimum absolute atomic E-state index is 0.210. The second kappa shape index (κ2) is 7.27. The standard InChI is InChI=1S/C18H18N4O3S/c1-24-14-3-2-13(22-8-10-25-11-9-22)16-15(14)20-18(26-16)21-17(23)12-4-6-19-7-5-12/h2-7H,8-11H2,1H3,(H,20,21,23). The fraction of sp³-hybridized carbons (Fsp3) is 0.278. The summed E-state index contributed by atoms with van der Waals surface area (Å²) in [6, 6.07) is 7.30. The molecule has 1 amide bonds. The van der Waals surface area contributed by atoms with Crippen LogP contribution >= 0.6 is 11.3 Å². The monoisotopic (exact) mass is 370 g/mol. The van der Waals surface area contributed by atoms with Gasteiger partial charge in [-0.25, -0.2) is 4.98 Å². The zero-order valence-corrected chi connectivity index (χ0v) is 15.1. The van der Waals surface area contributed by atoms with Crippen molar-refractivity contribution in [1.29, 1.82) is 0 Å². The first-order valence-electron chi connectivity index (χ1n) is 8.28. The van der Waals surface area contributed by atoms with Crippen molar-refractivity contribution in [2.75, 3.05) is 43.6 Å². The number of carbonyl (C=O) groups is 1. The molecule has 1 N–H and O–H groups in total. The summed E-state index contributed by atoms with van der Waals surface area (Å²) in [7, 11) is 1.62. The zero-order valence-electron chi connectivity index (χ0n) is 14.3. The molecule has 0 radical (unpaired) electrons. The molecule has 0 atom stereocenters. The van der Waals surface area contributed by atoms with Gasteiger partial charge in [-0.1, -0.05) is 11.3 Å². The van der Waals surface area contributed by atoms with Crippen LogP contribution in [0.25, 0.3) is 10.2 Å². The summed E-state index contributed by atoms with van der Waals surface area (Å²) in [6.07, 6.45) is 3.18. The molecule has 134 valence electrons. The Morgan fingerprint density at radius 1 is 1.23 bits per heavy atom. The Labute approximate surface area is 154 Å². The fourth-order valence-electron chi connectivity index (χ4n) is 2.91. The van der Waals surface area contributed by atoms with Crippen LogP contribution in [0.1, 0.15) is 10.4 Å². The minimum atomic E-state index is -0.210. The summed E-state index contributed by atoms with van der Waals surface area (Å²) in [4.78, 5) is 23.2. The number of benzene rings is 1. The van der Waals surface area contributed by atoms with Gasteiger partial charge in [0.15, 0.2) is 5.13 Å². The van der Waals surface area contributed by atoms with E-state index in [1.54, 1.807) is 31.6 Å². The van der Waals surface area contributed by atoms with E-state index in [-0.39, 0.29) is 5.91 Å². The van der Waals surface area contributed by atoms with Gasteiger partial charge in [0, 0.05) is 31.0 Å². The summed E-state index contributed by atoms with van der Waals surface area (Å²) in [5, 5.41) is 3.41. The highest BCUT2D eigenvalue weighted by molar-refractivity contribution is 7.23. The Hall–Kier alpha value is -2.71. The van der Waals surface area contributed by atoms with Gasteiger partial charge in [-0.2, -0.15) is 0 Å². The number of morpholine rings is 1. The normalized spacial score (nSPS) is 14.4. The molecule has 1 aliphatic rings. The Morgan fingerprint density at radius 3 is 2.73 bits per heavy atom. The average Bonchev–Trinajstić information content (AvgIpc) is 3.12. The third kappa shape index (κ3) is 3.21. The second-order valence-corrected chi connectivity index (χ2v) is 6.77. The maximum atomic E-state index is 12.4. The van der Waals surface area contributed by atoms with Crippen molar-refractivity contribution >= 4 is 38.3 Å². The largest absolute Gasteiger partial charge is 0.494 e. The van der Waals surface area contributed by atoms with Crippen molar-refractivity contribution in [3.05, 3.63) is 42.2 Å². The van der Waals surface area contributed by atoms with Crippen molar-refractivity contribution in [2.45, 2.75) is 0 Å². The Balaban J connectivity index is 1.69. The summed E-state index contributed by atoms with van der Waals surface area (Å²) in [5.41, 5.74) is 2.39. The van der Waals surface area contributed by atoms with Crippen molar-refractivity contribution in [1.82, 2.24) is 9.97 Å². The molecule has 0 unspecified atom stereocenters. The second-order valence-electron chi connectivity index (χ2n) is 5.77. The number of fused-ring (bicyclic) bond motifs is 1. The van der Waals surface area contributed by atoms with Crippen LogP contribution in [-0.2, 0) is 4.74 Å². The number of thiazole rings is 1. The Kier molecular flexibility index (Phi) is 4.68. The van der Waals surface area contributed by atoms with E-state index in [1.807, 2.05) is 12.1 Å². The molecule has 7 nitrogen and oxygen atoms in total. The number of carbonyl (C=O) groups excluding carboxylic acids is 1. The van der Waals surface area contributed by atoms with E-state index < -0.39 is 0 Å². The van der Waals surface area contributed by atoms with Gasteiger partial charge in [0.25, 0.3) is 5.91 Å². The van der Waals surface area contributed by atoms with E-state index >= 15 is 0 Å². The Bertz CT molecular complexity index is 923. The van der Waals surface area contributed by atoms with Gasteiger partial charge in [0.1, 0.15) is 11.3 Å². The van der Waals surface area contributed by atoms with Crippen molar-refractivity contribution < 1.29 is 14.3 Å². The first-order valence-corrected chi connectivity index (χ1v) is 9.09. The van der Waals surface area contributed by atoms with Gasteiger partial charge in [0.05, 0.1) is 30.7 Å². The van der Waals surface area contributed by atoms with Crippen molar-refractivity contribution in [3.63, 3.8) is 0 Å². The number of nitrogens with one attached hydrogen (secondary N) is 1. The molecule has 0 aliphatic carbocycles. The van der Waals surface area contributed by atoms with Crippen LogP contribution < -0.4 is 15.0 Å². The minimum Gasteiger partial charge on any atom is -0.494 e. The molecular weight excluding hydrogens is 352 g/mol. The quantitative estimate of drug-likeness (QED) is 0.761. The van der Waals surface area contributed by atoms with E-state index in [0.717, 1.165) is 29.0 Å². The number of ether oxygens (including phenoxy) is 2. The first-order chi connectivity index (χ1) is 12.8. The maximum absolute atomic E-state index is 12.4. The lowest BCUT2D eigenvalue weighted by atomic mass is 10.2. The van der Waals surface area contributed by atoms with Crippen molar-refractivity contribution in [2.24, 2.45) is 0 Å². The van der Waals surface area contributed by atoms with Crippen LogP contribution in [0.5, 0.6) is 5.75 Å². The number of hydrogen-bond acceptors (Lipinski definition) is 7. The van der Waals surface area contributed by atoms with Crippen LogP contribution in [0.15, 0.2) is 36.7 Å². The van der Waals surface area contributed by atoms with Crippen LogP contribution in [0.3, 0.4) is 0 Å². The van der Waals surface area contributed by atoms with Gasteiger partial charge >= 0.3 is 0 Å². The van der Waals surface area contributed by atoms with Gasteiger partial charge < -0.3 is 14.4 Å². The number of pyridine rings is 1. The number of aromatic nitrogens is 2. The van der Waals surface area contributed by atoms with Gasteiger partial charge in [-0.15, -0.1) is 0 Å². The highest BCUT2D eigenvalue weighted by Crippen LogP contribution is 2.39. The molecule has 3 heterocycles. The number of methoxy groups -OCH3 is 1. The number of hydrogen-bond donors (Lipinski definition) is 1. The molecule has 8 heteroatoms. The van der Waals surface area contributed by atoms with E-state index in [0.29, 0.717) is 29.7 Å². The van der Waals surface area contributed by atoms with Crippen LogP contribution in [0.2, 0.25) is 0 Å². The molecule has 4 rings (SSSR count). The summed E-state index contributed by atoms with van der Waals surface area (Å²) in [6.45, 7) is 3.08. The highest BCUT2D eigenvalue weighted by Gasteiger charge is 2.20. The molecule has 26 heavy (non-hydrogen) atoms. The predicted octanol–water partition coefficient (Wildman–Crippen LogP) is 2.79. The lowest BCUT2D eigenvalue weighted by Gasteiger charge is -2.29. The molecule has 2 aromatic heterocycles. The molecule has 1 aromatic carbocycles. The van der Waals surface area contributed by atoms with Gasteiger partial charge in [0.2, 0.25) is 0 Å². The predicted molar refractivity (Wildman–Crippen MR) is 101 cm³/mol. The topological polar surface area (TPSA) is 76.6 Å². The molecule has 1 fully saturated rings. The van der Waals surface area contributed by atoms with E-state index in [4.69, 9.17) is 9.47 Å². The number of amides is 1. The molecule has 3 aromatic rings. The SMILES string of the molecule is COc1ccc(N2CCOCC2)c2sc(NC(=O)c3ccncc3)nc12. The highest BCUT2D eigenvalue weighted by atomic mass is 32.1. The number of anilines is 2. The molecule has 1 saturated heterocycles. The van der Waals surface area contributed by atoms with E-state index in [9.17, 15) is 4.79 Å². The van der Waals surface area contributed by atoms with Gasteiger partial charge in [-0.05, 0) is 24.3 Å². The maximum Gasteiger partial charge on any atom is 0.257 e. The van der Waals surface area contributed by atoms with Crippen LogP contribution in [-0.4, -0.2) is 49.3 Å². The zero-order chi connectivity index (χ0) is 17.9. The van der Waals surface area contributed by atoms with Crippen molar-refractivity contribution in [3.8, 4) is 5.75 Å². The van der Waals surface area contributed by atoms with Crippen LogP contribution in [0.4, 0.5) is 10.8 Å². The smallest absolute Gasteiger partial charge is 0.257 e. The summed E-state index contributed by atoms with van der Waals surface area (Å²) in [5.74, 6) is 0.482. The summed E-state index contributed by atoms with van der Waals surface area (Å²) >= 11 is 1.45. The molecular formula is C18H18N4O3S. The molecule has 0 spiro atoms. The van der Waals surface area contributed by atoms with E-state index in [1.165, 1.54) is 11.3 Å². The lowest BCUT2D eigenvalue weighted by molar-refractivity contribution is 0.102. The van der Waals surface area contributed by atoms with Crippen LogP contribution in [0, 0.1) is 0 Å².